The summed E-state index contributed by atoms with van der Waals surface area (Å²) in [6.45, 7) is 6.18. The van der Waals surface area contributed by atoms with Crippen LogP contribution >= 0.6 is 23.4 Å². The number of rotatable bonds is 9. The standard InChI is InChI=1S/C27H27ClN6OS/c1-18-9-11-21(12-10-18)19(2)30-32-26(35)20(3)36-27-33-31-25(34(27)24-7-5-4-6-8-24)17-29-23-15-13-22(28)14-16-23/h4-16,20,29H,17H2,1-3H3,(H,32,35)/t20-/m0/s1. The van der Waals surface area contributed by atoms with Crippen molar-refractivity contribution in [1.82, 2.24) is 20.2 Å². The summed E-state index contributed by atoms with van der Waals surface area (Å²) in [7, 11) is 0. The molecule has 1 heterocycles. The summed E-state index contributed by atoms with van der Waals surface area (Å²) in [6, 6.07) is 25.3. The summed E-state index contributed by atoms with van der Waals surface area (Å²) in [4.78, 5) is 12.8. The van der Waals surface area contributed by atoms with Crippen molar-refractivity contribution >= 4 is 40.7 Å². The maximum Gasteiger partial charge on any atom is 0.253 e. The quantitative estimate of drug-likeness (QED) is 0.165. The molecule has 1 amide bonds. The normalized spacial score (nSPS) is 12.3. The van der Waals surface area contributed by atoms with Crippen LogP contribution < -0.4 is 10.7 Å². The highest BCUT2D eigenvalue weighted by Crippen LogP contribution is 2.26. The van der Waals surface area contributed by atoms with Gasteiger partial charge in [0.2, 0.25) is 0 Å². The van der Waals surface area contributed by atoms with Crippen molar-refractivity contribution in [1.29, 1.82) is 0 Å². The monoisotopic (exact) mass is 518 g/mol. The Balaban J connectivity index is 1.48. The van der Waals surface area contributed by atoms with Crippen LogP contribution in [0.25, 0.3) is 5.69 Å². The summed E-state index contributed by atoms with van der Waals surface area (Å²) in [6.07, 6.45) is 0. The number of thioether (sulfide) groups is 1. The Bertz CT molecular complexity index is 1340. The predicted molar refractivity (Wildman–Crippen MR) is 147 cm³/mol. The molecule has 0 aliphatic heterocycles. The van der Waals surface area contributed by atoms with Gasteiger partial charge in [-0.25, -0.2) is 5.43 Å². The van der Waals surface area contributed by atoms with Crippen molar-refractivity contribution in [3.63, 3.8) is 0 Å². The van der Waals surface area contributed by atoms with Crippen LogP contribution in [0.2, 0.25) is 5.02 Å². The maximum absolute atomic E-state index is 12.8. The fourth-order valence-corrected chi connectivity index (χ4v) is 4.38. The number of hydrogen-bond donors (Lipinski definition) is 2. The SMILES string of the molecule is CC(=NNC(=O)[C@H](C)Sc1nnc(CNc2ccc(Cl)cc2)n1-c1ccccc1)c1ccc(C)cc1. The number of aryl methyl sites for hydroxylation is 1. The molecule has 0 saturated carbocycles. The van der Waals surface area contributed by atoms with Gasteiger partial charge in [0.15, 0.2) is 11.0 Å². The second-order valence-corrected chi connectivity index (χ2v) is 9.97. The molecule has 1 atom stereocenters. The molecule has 9 heteroatoms. The number of anilines is 1. The molecule has 0 spiro atoms. The first-order valence-corrected chi connectivity index (χ1v) is 12.7. The van der Waals surface area contributed by atoms with Crippen LogP contribution in [0.3, 0.4) is 0 Å². The maximum atomic E-state index is 12.8. The van der Waals surface area contributed by atoms with Gasteiger partial charge in [-0.15, -0.1) is 10.2 Å². The lowest BCUT2D eigenvalue weighted by atomic mass is 10.1. The van der Waals surface area contributed by atoms with Crippen LogP contribution in [0.5, 0.6) is 0 Å². The van der Waals surface area contributed by atoms with E-state index >= 15 is 0 Å². The molecule has 1 aromatic heterocycles. The van der Waals surface area contributed by atoms with Gasteiger partial charge < -0.3 is 5.32 Å². The van der Waals surface area contributed by atoms with E-state index in [0.717, 1.165) is 28.5 Å². The number of hydrogen-bond acceptors (Lipinski definition) is 6. The zero-order chi connectivity index (χ0) is 25.5. The first kappa shape index (κ1) is 25.5. The molecule has 36 heavy (non-hydrogen) atoms. The minimum absolute atomic E-state index is 0.213. The summed E-state index contributed by atoms with van der Waals surface area (Å²) in [5.41, 5.74) is 7.39. The molecule has 0 aliphatic carbocycles. The van der Waals surface area contributed by atoms with Crippen LogP contribution in [-0.4, -0.2) is 31.6 Å². The second-order valence-electron chi connectivity index (χ2n) is 8.23. The van der Waals surface area contributed by atoms with Crippen LogP contribution in [0.4, 0.5) is 5.69 Å². The van der Waals surface area contributed by atoms with Gasteiger partial charge in [-0.1, -0.05) is 71.4 Å². The minimum Gasteiger partial charge on any atom is -0.378 e. The molecule has 0 saturated heterocycles. The molecule has 0 bridgehead atoms. The van der Waals surface area contributed by atoms with E-state index in [2.05, 4.69) is 26.0 Å². The molecule has 2 N–H and O–H groups in total. The van der Waals surface area contributed by atoms with Crippen molar-refractivity contribution in [3.05, 3.63) is 101 Å². The first-order chi connectivity index (χ1) is 17.4. The number of halogens is 1. The van der Waals surface area contributed by atoms with Gasteiger partial charge in [-0.2, -0.15) is 5.10 Å². The highest BCUT2D eigenvalue weighted by atomic mass is 35.5. The van der Waals surface area contributed by atoms with Crippen molar-refractivity contribution in [3.8, 4) is 5.69 Å². The molecule has 0 aliphatic rings. The summed E-state index contributed by atoms with van der Waals surface area (Å²) < 4.78 is 1.96. The fraction of sp³-hybridized carbons (Fsp3) is 0.185. The number of carbonyl (C=O) groups is 1. The molecule has 3 aromatic carbocycles. The van der Waals surface area contributed by atoms with Gasteiger partial charge in [0.25, 0.3) is 5.91 Å². The molecule has 184 valence electrons. The third-order valence-electron chi connectivity index (χ3n) is 5.46. The van der Waals surface area contributed by atoms with E-state index in [0.29, 0.717) is 16.7 Å². The highest BCUT2D eigenvalue weighted by Gasteiger charge is 2.21. The van der Waals surface area contributed by atoms with Gasteiger partial charge >= 0.3 is 0 Å². The Morgan fingerprint density at radius 2 is 1.72 bits per heavy atom. The predicted octanol–water partition coefficient (Wildman–Crippen LogP) is 5.86. The summed E-state index contributed by atoms with van der Waals surface area (Å²) in [5, 5.41) is 17.3. The van der Waals surface area contributed by atoms with E-state index in [-0.39, 0.29) is 5.91 Å². The average molecular weight is 519 g/mol. The number of carbonyl (C=O) groups excluding carboxylic acids is 1. The second kappa shape index (κ2) is 11.9. The van der Waals surface area contributed by atoms with E-state index in [1.165, 1.54) is 17.3 Å². The van der Waals surface area contributed by atoms with Gasteiger partial charge in [0.1, 0.15) is 0 Å². The average Bonchev–Trinajstić information content (AvgIpc) is 3.29. The van der Waals surface area contributed by atoms with Crippen molar-refractivity contribution < 1.29 is 4.79 Å². The van der Waals surface area contributed by atoms with Crippen molar-refractivity contribution in [2.24, 2.45) is 5.10 Å². The number of para-hydroxylation sites is 1. The number of nitrogens with one attached hydrogen (secondary N) is 2. The number of nitrogens with zero attached hydrogens (tertiary/aromatic N) is 4. The minimum atomic E-state index is -0.441. The topological polar surface area (TPSA) is 84.2 Å². The number of benzene rings is 3. The molecule has 0 unspecified atom stereocenters. The Kier molecular flexibility index (Phi) is 8.40. The van der Waals surface area contributed by atoms with E-state index in [1.807, 2.05) is 104 Å². The zero-order valence-corrected chi connectivity index (χ0v) is 21.8. The molecule has 0 radical (unpaired) electrons. The van der Waals surface area contributed by atoms with E-state index in [4.69, 9.17) is 11.6 Å². The largest absolute Gasteiger partial charge is 0.378 e. The van der Waals surface area contributed by atoms with Crippen LogP contribution in [-0.2, 0) is 11.3 Å². The van der Waals surface area contributed by atoms with Gasteiger partial charge in [-0.3, -0.25) is 9.36 Å². The smallest absolute Gasteiger partial charge is 0.253 e. The van der Waals surface area contributed by atoms with Crippen molar-refractivity contribution in [2.75, 3.05) is 5.32 Å². The molecule has 4 rings (SSSR count). The summed E-state index contributed by atoms with van der Waals surface area (Å²) in [5.74, 6) is 0.509. The molecular formula is C27H27ClN6OS. The lowest BCUT2D eigenvalue weighted by molar-refractivity contribution is -0.120. The Morgan fingerprint density at radius 3 is 2.42 bits per heavy atom. The highest BCUT2D eigenvalue weighted by molar-refractivity contribution is 8.00. The molecule has 7 nitrogen and oxygen atoms in total. The van der Waals surface area contributed by atoms with Crippen LogP contribution in [0.15, 0.2) is 89.1 Å². The summed E-state index contributed by atoms with van der Waals surface area (Å²) >= 11 is 7.32. The lowest BCUT2D eigenvalue weighted by Crippen LogP contribution is -2.28. The molecule has 0 fully saturated rings. The van der Waals surface area contributed by atoms with E-state index in [9.17, 15) is 4.79 Å². The van der Waals surface area contributed by atoms with E-state index in [1.54, 1.807) is 0 Å². The lowest BCUT2D eigenvalue weighted by Gasteiger charge is -2.13. The third-order valence-corrected chi connectivity index (χ3v) is 6.76. The van der Waals surface area contributed by atoms with Gasteiger partial charge in [0.05, 0.1) is 17.5 Å². The number of hydrazone groups is 1. The molecular weight excluding hydrogens is 492 g/mol. The fourth-order valence-electron chi connectivity index (χ4n) is 3.38. The zero-order valence-electron chi connectivity index (χ0n) is 20.3. The number of aromatic nitrogens is 3. The third kappa shape index (κ3) is 6.53. The Morgan fingerprint density at radius 1 is 1.03 bits per heavy atom. The number of amides is 1. The molecule has 4 aromatic rings. The Hall–Kier alpha value is -3.62. The Labute approximate surface area is 220 Å². The van der Waals surface area contributed by atoms with Crippen LogP contribution in [0.1, 0.15) is 30.8 Å². The van der Waals surface area contributed by atoms with E-state index < -0.39 is 5.25 Å². The van der Waals surface area contributed by atoms with Crippen LogP contribution in [0, 0.1) is 6.92 Å². The van der Waals surface area contributed by atoms with Gasteiger partial charge in [-0.05, 0) is 62.7 Å². The van der Waals surface area contributed by atoms with Crippen molar-refractivity contribution in [2.45, 2.75) is 37.7 Å². The first-order valence-electron chi connectivity index (χ1n) is 11.5. The van der Waals surface area contributed by atoms with Gasteiger partial charge in [0, 0.05) is 16.4 Å².